The molecule has 0 saturated carbocycles. The van der Waals surface area contributed by atoms with Gasteiger partial charge in [-0.25, -0.2) is 4.79 Å². The number of halogens is 1. The van der Waals surface area contributed by atoms with Crippen LogP contribution in [0.25, 0.3) is 0 Å². The quantitative estimate of drug-likeness (QED) is 0.760. The fourth-order valence-corrected chi connectivity index (χ4v) is 2.08. The second-order valence-corrected chi connectivity index (χ2v) is 5.08. The minimum atomic E-state index is -0.189. The van der Waals surface area contributed by atoms with Crippen molar-refractivity contribution in [2.45, 2.75) is 0 Å². The van der Waals surface area contributed by atoms with Gasteiger partial charge in [0.05, 0.1) is 0 Å². The molecule has 0 atom stereocenters. The lowest BCUT2D eigenvalue weighted by Gasteiger charge is -2.35. The van der Waals surface area contributed by atoms with Crippen LogP contribution in [0.4, 0.5) is 4.79 Å². The van der Waals surface area contributed by atoms with Crippen LogP contribution < -0.4 is 0 Å². The van der Waals surface area contributed by atoms with Crippen molar-refractivity contribution in [1.29, 1.82) is 0 Å². The lowest BCUT2D eigenvalue weighted by molar-refractivity contribution is 0.0643. The van der Waals surface area contributed by atoms with Crippen LogP contribution >= 0.6 is 11.6 Å². The van der Waals surface area contributed by atoms with Gasteiger partial charge in [-0.15, -0.1) is 10.2 Å². The minimum Gasteiger partial charge on any atom is -0.334 e. The third kappa shape index (κ3) is 3.16. The number of amides is 3. The van der Waals surface area contributed by atoms with Gasteiger partial charge in [0.25, 0.3) is 5.91 Å². The summed E-state index contributed by atoms with van der Waals surface area (Å²) in [4.78, 5) is 28.9. The molecule has 0 bridgehead atoms. The van der Waals surface area contributed by atoms with Gasteiger partial charge in [-0.05, 0) is 12.1 Å². The van der Waals surface area contributed by atoms with E-state index >= 15 is 0 Å². The Hall–Kier alpha value is -1.89. The molecule has 0 spiro atoms. The Morgan fingerprint density at radius 2 is 1.70 bits per heavy atom. The lowest BCUT2D eigenvalue weighted by atomic mass is 10.2. The summed E-state index contributed by atoms with van der Waals surface area (Å²) in [5, 5.41) is 7.68. The predicted molar refractivity (Wildman–Crippen MR) is 73.6 cm³/mol. The summed E-state index contributed by atoms with van der Waals surface area (Å²) >= 11 is 5.64. The number of carbonyl (C=O) groups excluding carboxylic acids is 2. The van der Waals surface area contributed by atoms with Crippen molar-refractivity contribution in [3.63, 3.8) is 0 Å². The highest BCUT2D eigenvalue weighted by Gasteiger charge is 2.26. The van der Waals surface area contributed by atoms with Crippen LogP contribution in [0.2, 0.25) is 5.15 Å². The molecule has 1 aliphatic rings. The van der Waals surface area contributed by atoms with E-state index in [0.717, 1.165) is 0 Å². The van der Waals surface area contributed by atoms with Gasteiger partial charge in [0.15, 0.2) is 10.8 Å². The van der Waals surface area contributed by atoms with Crippen LogP contribution in [0.15, 0.2) is 12.1 Å². The minimum absolute atomic E-state index is 0.0385. The maximum Gasteiger partial charge on any atom is 0.319 e. The van der Waals surface area contributed by atoms with E-state index in [0.29, 0.717) is 26.2 Å². The van der Waals surface area contributed by atoms with Gasteiger partial charge >= 0.3 is 6.03 Å². The Morgan fingerprint density at radius 1 is 1.10 bits per heavy atom. The predicted octanol–water partition coefficient (Wildman–Crippen LogP) is 0.569. The monoisotopic (exact) mass is 297 g/mol. The van der Waals surface area contributed by atoms with Gasteiger partial charge in [-0.1, -0.05) is 11.6 Å². The maximum atomic E-state index is 12.2. The highest BCUT2D eigenvalue weighted by molar-refractivity contribution is 6.29. The van der Waals surface area contributed by atoms with Crippen LogP contribution in [0.1, 0.15) is 10.5 Å². The van der Waals surface area contributed by atoms with E-state index in [1.807, 2.05) is 0 Å². The Balaban J connectivity index is 1.95. The van der Waals surface area contributed by atoms with Crippen LogP contribution in [-0.2, 0) is 0 Å². The first-order valence-electron chi connectivity index (χ1n) is 6.24. The molecular weight excluding hydrogens is 282 g/mol. The second-order valence-electron chi connectivity index (χ2n) is 4.70. The second kappa shape index (κ2) is 6.04. The van der Waals surface area contributed by atoms with E-state index in [-0.39, 0.29) is 22.8 Å². The Bertz CT molecular complexity index is 497. The molecule has 0 unspecified atom stereocenters. The number of urea groups is 1. The molecule has 1 aromatic rings. The molecule has 0 radical (unpaired) electrons. The summed E-state index contributed by atoms with van der Waals surface area (Å²) in [7, 11) is 3.42. The molecule has 1 aromatic heterocycles. The number of hydrogen-bond acceptors (Lipinski definition) is 4. The fraction of sp³-hybridized carbons (Fsp3) is 0.500. The maximum absolute atomic E-state index is 12.2. The van der Waals surface area contributed by atoms with Gasteiger partial charge in [0.1, 0.15) is 0 Å². The van der Waals surface area contributed by atoms with Crippen molar-refractivity contribution in [3.05, 3.63) is 23.0 Å². The molecule has 0 aliphatic carbocycles. The Morgan fingerprint density at radius 3 is 2.20 bits per heavy atom. The van der Waals surface area contributed by atoms with Gasteiger partial charge in [-0.2, -0.15) is 0 Å². The van der Waals surface area contributed by atoms with Crippen molar-refractivity contribution >= 4 is 23.5 Å². The standard InChI is InChI=1S/C12H16ClN5O2/c1-16(2)12(20)18-7-5-17(6-8-18)11(19)9-3-4-10(13)15-14-9/h3-4H,5-8H2,1-2H3. The van der Waals surface area contributed by atoms with E-state index in [1.54, 1.807) is 30.0 Å². The van der Waals surface area contributed by atoms with Gasteiger partial charge in [0.2, 0.25) is 0 Å². The molecule has 8 heteroatoms. The van der Waals surface area contributed by atoms with Crippen LogP contribution in [0.3, 0.4) is 0 Å². The normalized spacial score (nSPS) is 15.2. The summed E-state index contributed by atoms with van der Waals surface area (Å²) in [6, 6.07) is 3.05. The third-order valence-electron chi connectivity index (χ3n) is 3.07. The molecule has 1 fully saturated rings. The van der Waals surface area contributed by atoms with Crippen LogP contribution in [0, 0.1) is 0 Å². The first kappa shape index (κ1) is 14.5. The van der Waals surface area contributed by atoms with E-state index in [2.05, 4.69) is 10.2 Å². The average molecular weight is 298 g/mol. The summed E-state index contributed by atoms with van der Waals surface area (Å²) in [6.45, 7) is 2.01. The molecular formula is C12H16ClN5O2. The molecule has 7 nitrogen and oxygen atoms in total. The van der Waals surface area contributed by atoms with E-state index < -0.39 is 0 Å². The highest BCUT2D eigenvalue weighted by Crippen LogP contribution is 2.09. The zero-order valence-electron chi connectivity index (χ0n) is 11.4. The molecule has 1 saturated heterocycles. The SMILES string of the molecule is CN(C)C(=O)N1CCN(C(=O)c2ccc(Cl)nn2)CC1. The highest BCUT2D eigenvalue weighted by atomic mass is 35.5. The summed E-state index contributed by atoms with van der Waals surface area (Å²) < 4.78 is 0. The Labute approximate surface area is 122 Å². The van der Waals surface area contributed by atoms with Crippen LogP contribution in [-0.4, -0.2) is 77.1 Å². The zero-order valence-corrected chi connectivity index (χ0v) is 12.2. The van der Waals surface area contributed by atoms with Crippen molar-refractivity contribution in [1.82, 2.24) is 24.9 Å². The summed E-state index contributed by atoms with van der Waals surface area (Å²) in [5.41, 5.74) is 0.266. The zero-order chi connectivity index (χ0) is 14.7. The number of hydrogen-bond donors (Lipinski definition) is 0. The first-order chi connectivity index (χ1) is 9.49. The Kier molecular flexibility index (Phi) is 4.39. The summed E-state index contributed by atoms with van der Waals surface area (Å²) in [6.07, 6.45) is 0. The molecule has 1 aliphatic heterocycles. The topological polar surface area (TPSA) is 69.6 Å². The van der Waals surface area contributed by atoms with Crippen molar-refractivity contribution < 1.29 is 9.59 Å². The smallest absolute Gasteiger partial charge is 0.319 e. The number of carbonyl (C=O) groups is 2. The number of rotatable bonds is 1. The average Bonchev–Trinajstić information content (AvgIpc) is 2.46. The van der Waals surface area contributed by atoms with E-state index in [9.17, 15) is 9.59 Å². The molecule has 108 valence electrons. The van der Waals surface area contributed by atoms with E-state index in [1.165, 1.54) is 11.0 Å². The number of aromatic nitrogens is 2. The largest absolute Gasteiger partial charge is 0.334 e. The van der Waals surface area contributed by atoms with E-state index in [4.69, 9.17) is 11.6 Å². The molecule has 0 N–H and O–H groups in total. The molecule has 2 heterocycles. The lowest BCUT2D eigenvalue weighted by Crippen LogP contribution is -2.53. The van der Waals surface area contributed by atoms with Gasteiger partial charge < -0.3 is 14.7 Å². The molecule has 20 heavy (non-hydrogen) atoms. The summed E-state index contributed by atoms with van der Waals surface area (Å²) in [5.74, 6) is -0.189. The van der Waals surface area contributed by atoms with Gasteiger partial charge in [-0.3, -0.25) is 4.79 Å². The molecule has 3 amide bonds. The van der Waals surface area contributed by atoms with Gasteiger partial charge in [0, 0.05) is 40.3 Å². The number of nitrogens with zero attached hydrogens (tertiary/aromatic N) is 5. The van der Waals surface area contributed by atoms with Crippen molar-refractivity contribution in [3.8, 4) is 0 Å². The first-order valence-corrected chi connectivity index (χ1v) is 6.61. The fourth-order valence-electron chi connectivity index (χ4n) is 1.98. The number of piperazine rings is 1. The van der Waals surface area contributed by atoms with Crippen molar-refractivity contribution in [2.75, 3.05) is 40.3 Å². The molecule has 2 rings (SSSR count). The third-order valence-corrected chi connectivity index (χ3v) is 3.27. The van der Waals surface area contributed by atoms with Crippen LogP contribution in [0.5, 0.6) is 0 Å². The van der Waals surface area contributed by atoms with Crippen molar-refractivity contribution in [2.24, 2.45) is 0 Å². The molecule has 0 aromatic carbocycles.